The van der Waals surface area contributed by atoms with Crippen molar-refractivity contribution in [1.82, 2.24) is 19.8 Å². The minimum atomic E-state index is 0.217. The highest BCUT2D eigenvalue weighted by molar-refractivity contribution is 9.10. The Hall–Kier alpha value is -1.47. The molecule has 7 heteroatoms. The molecule has 2 aromatic heterocycles. The van der Waals surface area contributed by atoms with Crippen molar-refractivity contribution in [2.24, 2.45) is 0 Å². The van der Waals surface area contributed by atoms with Gasteiger partial charge in [0.15, 0.2) is 10.8 Å². The molecule has 0 radical (unpaired) electrons. The number of phenols is 1. The van der Waals surface area contributed by atoms with Gasteiger partial charge in [0.25, 0.3) is 0 Å². The van der Waals surface area contributed by atoms with E-state index in [0.717, 1.165) is 38.7 Å². The zero-order valence-electron chi connectivity index (χ0n) is 10.5. The monoisotopic (exact) mass is 350 g/mol. The molecular weight excluding hydrogens is 340 g/mol. The van der Waals surface area contributed by atoms with Crippen molar-refractivity contribution in [2.75, 3.05) is 0 Å². The van der Waals surface area contributed by atoms with E-state index in [-0.39, 0.29) is 5.75 Å². The molecule has 0 amide bonds. The summed E-state index contributed by atoms with van der Waals surface area (Å²) in [5.41, 5.74) is 0.725. The van der Waals surface area contributed by atoms with E-state index in [1.165, 1.54) is 17.8 Å². The Balaban J connectivity index is 1.82. The first kappa shape index (κ1) is 12.3. The molecule has 20 heavy (non-hydrogen) atoms. The molecule has 0 atom stereocenters. The third-order valence-electron chi connectivity index (χ3n) is 3.68. The Morgan fingerprint density at radius 3 is 2.85 bits per heavy atom. The molecule has 5 nitrogen and oxygen atoms in total. The Bertz CT molecular complexity index is 793. The van der Waals surface area contributed by atoms with Gasteiger partial charge in [-0.1, -0.05) is 33.7 Å². The van der Waals surface area contributed by atoms with Gasteiger partial charge in [0.2, 0.25) is 4.96 Å². The SMILES string of the molecule is Oc1cc(Br)ccc1-c1nn2c(C3CCC3)nnc2s1. The molecule has 4 rings (SSSR count). The molecule has 1 saturated carbocycles. The first-order chi connectivity index (χ1) is 9.72. The van der Waals surface area contributed by atoms with Crippen LogP contribution in [-0.4, -0.2) is 24.9 Å². The lowest BCUT2D eigenvalue weighted by Crippen LogP contribution is -2.12. The number of aromatic hydroxyl groups is 1. The second kappa shape index (κ2) is 4.53. The first-order valence-electron chi connectivity index (χ1n) is 6.43. The number of hydrogen-bond acceptors (Lipinski definition) is 5. The molecule has 0 unspecified atom stereocenters. The van der Waals surface area contributed by atoms with Crippen molar-refractivity contribution >= 4 is 32.2 Å². The summed E-state index contributed by atoms with van der Waals surface area (Å²) in [6.45, 7) is 0. The second-order valence-electron chi connectivity index (χ2n) is 4.95. The topological polar surface area (TPSA) is 63.3 Å². The van der Waals surface area contributed by atoms with Crippen molar-refractivity contribution in [3.8, 4) is 16.3 Å². The number of rotatable bonds is 2. The Labute approximate surface area is 127 Å². The molecule has 0 saturated heterocycles. The molecule has 0 spiro atoms. The predicted octanol–water partition coefficient (Wildman–Crippen LogP) is 3.59. The lowest BCUT2D eigenvalue weighted by atomic mass is 9.85. The first-order valence-corrected chi connectivity index (χ1v) is 8.04. The molecule has 1 fully saturated rings. The molecule has 1 aliphatic rings. The normalized spacial score (nSPS) is 15.7. The summed E-state index contributed by atoms with van der Waals surface area (Å²) >= 11 is 4.79. The van der Waals surface area contributed by atoms with Gasteiger partial charge in [0, 0.05) is 10.4 Å². The number of hydrogen-bond donors (Lipinski definition) is 1. The van der Waals surface area contributed by atoms with Crippen LogP contribution in [0.1, 0.15) is 31.0 Å². The van der Waals surface area contributed by atoms with Crippen LogP contribution in [-0.2, 0) is 0 Å². The van der Waals surface area contributed by atoms with Crippen LogP contribution in [0, 0.1) is 0 Å². The summed E-state index contributed by atoms with van der Waals surface area (Å²) in [5, 5.41) is 23.8. The molecule has 0 bridgehead atoms. The maximum Gasteiger partial charge on any atom is 0.234 e. The van der Waals surface area contributed by atoms with Crippen LogP contribution >= 0.6 is 27.3 Å². The highest BCUT2D eigenvalue weighted by Gasteiger charge is 2.26. The second-order valence-corrected chi connectivity index (χ2v) is 6.82. The number of halogens is 1. The van der Waals surface area contributed by atoms with Crippen LogP contribution in [0.3, 0.4) is 0 Å². The minimum Gasteiger partial charge on any atom is -0.507 e. The average Bonchev–Trinajstić information content (AvgIpc) is 2.89. The summed E-state index contributed by atoms with van der Waals surface area (Å²) in [5.74, 6) is 1.65. The van der Waals surface area contributed by atoms with E-state index >= 15 is 0 Å². The summed E-state index contributed by atoms with van der Waals surface area (Å²) in [6.07, 6.45) is 3.58. The van der Waals surface area contributed by atoms with Crippen LogP contribution in [0.25, 0.3) is 15.5 Å². The lowest BCUT2D eigenvalue weighted by Gasteiger charge is -2.22. The van der Waals surface area contributed by atoms with Gasteiger partial charge in [0.1, 0.15) is 5.75 Å². The number of benzene rings is 1. The van der Waals surface area contributed by atoms with Crippen LogP contribution in [0.4, 0.5) is 0 Å². The fourth-order valence-corrected chi connectivity index (χ4v) is 3.58. The van der Waals surface area contributed by atoms with Gasteiger partial charge in [-0.15, -0.1) is 10.2 Å². The van der Waals surface area contributed by atoms with E-state index in [1.807, 2.05) is 16.6 Å². The standard InChI is InChI=1S/C13H11BrN4OS/c14-8-4-5-9(10(19)6-8)12-17-18-11(7-2-1-3-7)15-16-13(18)20-12/h4-7,19H,1-3H2. The number of phenolic OH excluding ortho intramolecular Hbond substituents is 1. The minimum absolute atomic E-state index is 0.217. The summed E-state index contributed by atoms with van der Waals surface area (Å²) in [4.78, 5) is 0.782. The van der Waals surface area contributed by atoms with E-state index in [9.17, 15) is 5.11 Å². The quantitative estimate of drug-likeness (QED) is 0.766. The van der Waals surface area contributed by atoms with Gasteiger partial charge >= 0.3 is 0 Å². The van der Waals surface area contributed by atoms with Crippen LogP contribution in [0.5, 0.6) is 5.75 Å². The molecule has 1 aromatic carbocycles. The van der Waals surface area contributed by atoms with E-state index in [0.29, 0.717) is 5.92 Å². The van der Waals surface area contributed by atoms with Crippen LogP contribution < -0.4 is 0 Å². The zero-order valence-corrected chi connectivity index (χ0v) is 12.9. The fraction of sp³-hybridized carbons (Fsp3) is 0.308. The summed E-state index contributed by atoms with van der Waals surface area (Å²) < 4.78 is 2.67. The van der Waals surface area contributed by atoms with Crippen molar-refractivity contribution in [3.63, 3.8) is 0 Å². The van der Waals surface area contributed by atoms with Crippen LogP contribution in [0.15, 0.2) is 22.7 Å². The average molecular weight is 351 g/mol. The molecular formula is C13H11BrN4OS. The molecule has 2 heterocycles. The smallest absolute Gasteiger partial charge is 0.234 e. The maximum absolute atomic E-state index is 10.0. The largest absolute Gasteiger partial charge is 0.507 e. The Kier molecular flexibility index (Phi) is 2.78. The summed E-state index contributed by atoms with van der Waals surface area (Å²) in [6, 6.07) is 5.42. The molecule has 1 aliphatic carbocycles. The van der Waals surface area contributed by atoms with Crippen LogP contribution in [0.2, 0.25) is 0 Å². The Morgan fingerprint density at radius 2 is 2.15 bits per heavy atom. The van der Waals surface area contributed by atoms with Gasteiger partial charge in [-0.2, -0.15) is 9.61 Å². The van der Waals surface area contributed by atoms with Gasteiger partial charge < -0.3 is 5.11 Å². The molecule has 1 N–H and O–H groups in total. The predicted molar refractivity (Wildman–Crippen MR) is 80.1 cm³/mol. The van der Waals surface area contributed by atoms with E-state index in [4.69, 9.17) is 0 Å². The highest BCUT2D eigenvalue weighted by Crippen LogP contribution is 2.38. The van der Waals surface area contributed by atoms with Crippen molar-refractivity contribution in [2.45, 2.75) is 25.2 Å². The van der Waals surface area contributed by atoms with E-state index < -0.39 is 0 Å². The maximum atomic E-state index is 10.0. The lowest BCUT2D eigenvalue weighted by molar-refractivity contribution is 0.395. The number of nitrogens with zero attached hydrogens (tertiary/aromatic N) is 4. The zero-order chi connectivity index (χ0) is 13.7. The van der Waals surface area contributed by atoms with Gasteiger partial charge in [0.05, 0.1) is 5.56 Å². The third kappa shape index (κ3) is 1.84. The summed E-state index contributed by atoms with van der Waals surface area (Å²) in [7, 11) is 0. The van der Waals surface area contributed by atoms with Gasteiger partial charge in [-0.05, 0) is 31.0 Å². The van der Waals surface area contributed by atoms with E-state index in [1.54, 1.807) is 6.07 Å². The molecule has 3 aromatic rings. The van der Waals surface area contributed by atoms with Crippen molar-refractivity contribution in [1.29, 1.82) is 0 Å². The number of aromatic nitrogens is 4. The van der Waals surface area contributed by atoms with Gasteiger partial charge in [-0.3, -0.25) is 0 Å². The third-order valence-corrected chi connectivity index (χ3v) is 5.10. The van der Waals surface area contributed by atoms with E-state index in [2.05, 4.69) is 31.2 Å². The fourth-order valence-electron chi connectivity index (χ4n) is 2.35. The van der Waals surface area contributed by atoms with Crippen molar-refractivity contribution in [3.05, 3.63) is 28.5 Å². The Morgan fingerprint density at radius 1 is 1.30 bits per heavy atom. The highest BCUT2D eigenvalue weighted by atomic mass is 79.9. The number of fused-ring (bicyclic) bond motifs is 1. The van der Waals surface area contributed by atoms with Crippen molar-refractivity contribution < 1.29 is 5.11 Å². The molecule has 0 aliphatic heterocycles. The molecule has 102 valence electrons. The van der Waals surface area contributed by atoms with Gasteiger partial charge in [-0.25, -0.2) is 0 Å².